The minimum absolute atomic E-state index is 0.353. The van der Waals surface area contributed by atoms with Crippen molar-refractivity contribution in [2.75, 3.05) is 6.54 Å². The van der Waals surface area contributed by atoms with E-state index in [1.54, 1.807) is 0 Å². The smallest absolute Gasteiger partial charge is 0.0872 e. The molecule has 0 aliphatic rings. The molecule has 0 saturated carbocycles. The summed E-state index contributed by atoms with van der Waals surface area (Å²) in [5.74, 6) is 0.713. The van der Waals surface area contributed by atoms with Crippen LogP contribution in [0.15, 0.2) is 24.3 Å². The first kappa shape index (κ1) is 14.1. The topological polar surface area (TPSA) is 29.9 Å². The van der Waals surface area contributed by atoms with Crippen LogP contribution in [0.4, 0.5) is 0 Å². The van der Waals surface area contributed by atoms with E-state index < -0.39 is 0 Å². The average Bonchev–Trinajstić information content (AvgIpc) is 2.76. The molecule has 3 nitrogen and oxygen atoms in total. The first-order chi connectivity index (χ1) is 9.17. The van der Waals surface area contributed by atoms with Crippen molar-refractivity contribution >= 4 is 10.9 Å². The number of rotatable bonds is 6. The SMILES string of the molecule is CCNC(CC(C)CC)c1nn(C)c2ccccc12. The van der Waals surface area contributed by atoms with E-state index in [1.165, 1.54) is 23.0 Å². The van der Waals surface area contributed by atoms with E-state index in [-0.39, 0.29) is 0 Å². The highest BCUT2D eigenvalue weighted by Gasteiger charge is 2.19. The number of fused-ring (bicyclic) bond motifs is 1. The standard InChI is InChI=1S/C16H25N3/c1-5-12(3)11-14(17-6-2)16-13-9-7-8-10-15(13)19(4)18-16/h7-10,12,14,17H,5-6,11H2,1-4H3. The molecule has 3 heteroatoms. The van der Waals surface area contributed by atoms with E-state index >= 15 is 0 Å². The van der Waals surface area contributed by atoms with Gasteiger partial charge in [0.25, 0.3) is 0 Å². The van der Waals surface area contributed by atoms with Gasteiger partial charge in [0, 0.05) is 12.4 Å². The largest absolute Gasteiger partial charge is 0.309 e. The Kier molecular flexibility index (Phi) is 4.59. The predicted octanol–water partition coefficient (Wildman–Crippen LogP) is 3.66. The number of nitrogens with zero attached hydrogens (tertiary/aromatic N) is 2. The van der Waals surface area contributed by atoms with Crippen molar-refractivity contribution in [3.05, 3.63) is 30.0 Å². The fourth-order valence-corrected chi connectivity index (χ4v) is 2.61. The molecule has 2 unspecified atom stereocenters. The van der Waals surface area contributed by atoms with Gasteiger partial charge in [0.05, 0.1) is 17.3 Å². The average molecular weight is 259 g/mol. The zero-order valence-electron chi connectivity index (χ0n) is 12.5. The highest BCUT2D eigenvalue weighted by Crippen LogP contribution is 2.28. The normalized spacial score (nSPS) is 14.7. The van der Waals surface area contributed by atoms with Gasteiger partial charge in [-0.1, -0.05) is 45.4 Å². The lowest BCUT2D eigenvalue weighted by Crippen LogP contribution is -2.23. The first-order valence-electron chi connectivity index (χ1n) is 7.32. The van der Waals surface area contributed by atoms with Crippen molar-refractivity contribution in [3.8, 4) is 0 Å². The van der Waals surface area contributed by atoms with Crippen LogP contribution in [-0.2, 0) is 7.05 Å². The number of aryl methyl sites for hydroxylation is 1. The van der Waals surface area contributed by atoms with Crippen LogP contribution in [0.5, 0.6) is 0 Å². The summed E-state index contributed by atoms with van der Waals surface area (Å²) < 4.78 is 1.99. The Balaban J connectivity index is 2.38. The lowest BCUT2D eigenvalue weighted by atomic mass is 9.96. The van der Waals surface area contributed by atoms with Gasteiger partial charge in [-0.15, -0.1) is 0 Å². The molecule has 0 bridgehead atoms. The van der Waals surface area contributed by atoms with Crippen molar-refractivity contribution < 1.29 is 0 Å². The first-order valence-corrected chi connectivity index (χ1v) is 7.32. The number of hydrogen-bond acceptors (Lipinski definition) is 2. The summed E-state index contributed by atoms with van der Waals surface area (Å²) in [6.07, 6.45) is 2.36. The van der Waals surface area contributed by atoms with Crippen LogP contribution >= 0.6 is 0 Å². The van der Waals surface area contributed by atoms with Gasteiger partial charge in [0.1, 0.15) is 0 Å². The minimum atomic E-state index is 0.353. The highest BCUT2D eigenvalue weighted by molar-refractivity contribution is 5.82. The molecule has 0 aliphatic carbocycles. The van der Waals surface area contributed by atoms with Crippen LogP contribution in [0, 0.1) is 5.92 Å². The highest BCUT2D eigenvalue weighted by atomic mass is 15.3. The molecular weight excluding hydrogens is 234 g/mol. The molecule has 2 aromatic rings. The Morgan fingerprint density at radius 2 is 2.00 bits per heavy atom. The minimum Gasteiger partial charge on any atom is -0.309 e. The Hall–Kier alpha value is -1.35. The molecule has 1 heterocycles. The van der Waals surface area contributed by atoms with Crippen LogP contribution in [0.25, 0.3) is 10.9 Å². The Morgan fingerprint density at radius 3 is 2.68 bits per heavy atom. The van der Waals surface area contributed by atoms with Crippen molar-refractivity contribution in [1.82, 2.24) is 15.1 Å². The van der Waals surface area contributed by atoms with Gasteiger partial charge in [0.2, 0.25) is 0 Å². The summed E-state index contributed by atoms with van der Waals surface area (Å²) in [7, 11) is 2.03. The van der Waals surface area contributed by atoms with E-state index in [2.05, 4.69) is 50.4 Å². The predicted molar refractivity (Wildman–Crippen MR) is 81.2 cm³/mol. The number of para-hydroxylation sites is 1. The van der Waals surface area contributed by atoms with Gasteiger partial charge in [-0.05, 0) is 24.9 Å². The van der Waals surface area contributed by atoms with Gasteiger partial charge in [0.15, 0.2) is 0 Å². The second kappa shape index (κ2) is 6.20. The molecule has 0 amide bonds. The maximum atomic E-state index is 4.75. The van der Waals surface area contributed by atoms with Crippen LogP contribution in [0.1, 0.15) is 45.3 Å². The van der Waals surface area contributed by atoms with Crippen LogP contribution < -0.4 is 5.32 Å². The van der Waals surface area contributed by atoms with Crippen LogP contribution in [-0.4, -0.2) is 16.3 Å². The molecule has 0 fully saturated rings. The summed E-state index contributed by atoms with van der Waals surface area (Å²) in [5, 5.41) is 9.62. The van der Waals surface area contributed by atoms with Crippen molar-refractivity contribution in [2.45, 2.75) is 39.7 Å². The van der Waals surface area contributed by atoms with Crippen LogP contribution in [0.2, 0.25) is 0 Å². The van der Waals surface area contributed by atoms with Gasteiger partial charge in [-0.25, -0.2) is 0 Å². The fraction of sp³-hybridized carbons (Fsp3) is 0.562. The zero-order valence-corrected chi connectivity index (χ0v) is 12.5. The van der Waals surface area contributed by atoms with Gasteiger partial charge in [-0.2, -0.15) is 5.10 Å². The Labute approximate surface area is 116 Å². The molecule has 1 N–H and O–H groups in total. The third kappa shape index (κ3) is 2.98. The fourth-order valence-electron chi connectivity index (χ4n) is 2.61. The molecule has 0 spiro atoms. The number of nitrogens with one attached hydrogen (secondary N) is 1. The van der Waals surface area contributed by atoms with E-state index in [0.717, 1.165) is 13.0 Å². The summed E-state index contributed by atoms with van der Waals surface area (Å²) in [5.41, 5.74) is 2.41. The van der Waals surface area contributed by atoms with Crippen molar-refractivity contribution in [2.24, 2.45) is 13.0 Å². The second-order valence-electron chi connectivity index (χ2n) is 5.39. The summed E-state index contributed by atoms with van der Waals surface area (Å²) in [6.45, 7) is 7.71. The van der Waals surface area contributed by atoms with E-state index in [4.69, 9.17) is 5.10 Å². The third-order valence-corrected chi connectivity index (χ3v) is 3.90. The molecule has 0 aliphatic heterocycles. The summed E-state index contributed by atoms with van der Waals surface area (Å²) >= 11 is 0. The van der Waals surface area contributed by atoms with Gasteiger partial charge < -0.3 is 5.32 Å². The monoisotopic (exact) mass is 259 g/mol. The quantitative estimate of drug-likeness (QED) is 0.858. The molecule has 1 aromatic heterocycles. The van der Waals surface area contributed by atoms with Crippen molar-refractivity contribution in [3.63, 3.8) is 0 Å². The molecule has 0 saturated heterocycles. The Morgan fingerprint density at radius 1 is 1.26 bits per heavy atom. The molecular formula is C16H25N3. The molecule has 104 valence electrons. The second-order valence-corrected chi connectivity index (χ2v) is 5.39. The zero-order chi connectivity index (χ0) is 13.8. The summed E-state index contributed by atoms with van der Waals surface area (Å²) in [6, 6.07) is 8.84. The van der Waals surface area contributed by atoms with Gasteiger partial charge in [-0.3, -0.25) is 4.68 Å². The van der Waals surface area contributed by atoms with Crippen molar-refractivity contribution in [1.29, 1.82) is 0 Å². The molecule has 0 radical (unpaired) electrons. The number of aromatic nitrogens is 2. The maximum absolute atomic E-state index is 4.75. The van der Waals surface area contributed by atoms with E-state index in [0.29, 0.717) is 12.0 Å². The maximum Gasteiger partial charge on any atom is 0.0872 e. The third-order valence-electron chi connectivity index (χ3n) is 3.90. The number of hydrogen-bond donors (Lipinski definition) is 1. The van der Waals surface area contributed by atoms with E-state index in [1.807, 2.05) is 11.7 Å². The molecule has 2 rings (SSSR count). The molecule has 19 heavy (non-hydrogen) atoms. The van der Waals surface area contributed by atoms with E-state index in [9.17, 15) is 0 Å². The number of benzene rings is 1. The Bertz CT molecular complexity index is 530. The molecule has 1 aromatic carbocycles. The molecule has 2 atom stereocenters. The summed E-state index contributed by atoms with van der Waals surface area (Å²) in [4.78, 5) is 0. The van der Waals surface area contributed by atoms with Crippen LogP contribution in [0.3, 0.4) is 0 Å². The lowest BCUT2D eigenvalue weighted by Gasteiger charge is -2.19. The lowest BCUT2D eigenvalue weighted by molar-refractivity contribution is 0.401. The van der Waals surface area contributed by atoms with Gasteiger partial charge >= 0.3 is 0 Å².